The number of hydrogen-bond donors (Lipinski definition) is 1. The maximum absolute atomic E-state index is 11.1. The average Bonchev–Trinajstić information content (AvgIpc) is 2.27. The van der Waals surface area contributed by atoms with Gasteiger partial charge in [0.25, 0.3) is 0 Å². The third kappa shape index (κ3) is 12.6. The minimum absolute atomic E-state index is 0.147. The molecular weight excluding hydrogens is 220 g/mol. The van der Waals surface area contributed by atoms with Crippen LogP contribution in [0.3, 0.4) is 0 Å². The van der Waals surface area contributed by atoms with Crippen LogP contribution in [0.15, 0.2) is 12.2 Å². The van der Waals surface area contributed by atoms with E-state index in [0.29, 0.717) is 6.61 Å². The van der Waals surface area contributed by atoms with Crippen LogP contribution in [0.1, 0.15) is 51.9 Å². The zero-order valence-electron chi connectivity index (χ0n) is 10.5. The number of carboxylic acid groups (broad SMARTS) is 1. The third-order valence-electron chi connectivity index (χ3n) is 2.29. The Morgan fingerprint density at radius 1 is 1.12 bits per heavy atom. The number of carboxylic acids is 1. The summed E-state index contributed by atoms with van der Waals surface area (Å²) in [6, 6.07) is 0. The van der Waals surface area contributed by atoms with Crippen LogP contribution in [0.2, 0.25) is 0 Å². The first kappa shape index (κ1) is 15.7. The lowest BCUT2D eigenvalue weighted by Gasteiger charge is -2.01. The summed E-state index contributed by atoms with van der Waals surface area (Å²) in [7, 11) is 0. The Hall–Kier alpha value is -1.32. The number of hydrogen-bond acceptors (Lipinski definition) is 3. The molecule has 0 aliphatic carbocycles. The zero-order chi connectivity index (χ0) is 12.9. The second-order valence-corrected chi connectivity index (χ2v) is 3.94. The van der Waals surface area contributed by atoms with Crippen molar-refractivity contribution in [1.29, 1.82) is 0 Å². The van der Waals surface area contributed by atoms with Crippen molar-refractivity contribution in [2.75, 3.05) is 6.61 Å². The molecule has 0 radical (unpaired) electrons. The van der Waals surface area contributed by atoms with Crippen LogP contribution in [0.5, 0.6) is 0 Å². The topological polar surface area (TPSA) is 63.6 Å². The van der Waals surface area contributed by atoms with Gasteiger partial charge in [-0.15, -0.1) is 0 Å². The molecule has 0 spiro atoms. The Morgan fingerprint density at radius 2 is 1.76 bits per heavy atom. The standard InChI is InChI=1S/C13H22O4/c1-2-3-4-5-6-7-11-17-13(16)10-8-9-12(14)15/h8,10H,2-7,9,11H2,1H3,(H,14,15). The number of ether oxygens (including phenoxy) is 1. The molecule has 4 heteroatoms. The maximum Gasteiger partial charge on any atom is 0.330 e. The Labute approximate surface area is 103 Å². The lowest BCUT2D eigenvalue weighted by molar-refractivity contribution is -0.137. The van der Waals surface area contributed by atoms with Crippen LogP contribution >= 0.6 is 0 Å². The Kier molecular flexibility index (Phi) is 10.3. The molecule has 0 bridgehead atoms. The fourth-order valence-electron chi connectivity index (χ4n) is 1.36. The molecule has 1 N–H and O–H groups in total. The highest BCUT2D eigenvalue weighted by Crippen LogP contribution is 2.04. The first-order valence-electron chi connectivity index (χ1n) is 6.22. The number of carbonyl (C=O) groups excluding carboxylic acids is 1. The molecule has 4 nitrogen and oxygen atoms in total. The lowest BCUT2D eigenvalue weighted by atomic mass is 10.1. The fourth-order valence-corrected chi connectivity index (χ4v) is 1.36. The number of carbonyl (C=O) groups is 2. The molecule has 0 heterocycles. The third-order valence-corrected chi connectivity index (χ3v) is 2.29. The van der Waals surface area contributed by atoms with Gasteiger partial charge in [0, 0.05) is 6.08 Å². The van der Waals surface area contributed by atoms with Crippen molar-refractivity contribution in [1.82, 2.24) is 0 Å². The molecule has 0 unspecified atom stereocenters. The minimum Gasteiger partial charge on any atom is -0.481 e. The Morgan fingerprint density at radius 3 is 2.41 bits per heavy atom. The van der Waals surface area contributed by atoms with E-state index in [1.54, 1.807) is 0 Å². The van der Waals surface area contributed by atoms with Crippen LogP contribution in [-0.2, 0) is 14.3 Å². The molecule has 17 heavy (non-hydrogen) atoms. The predicted molar refractivity (Wildman–Crippen MR) is 65.7 cm³/mol. The van der Waals surface area contributed by atoms with Gasteiger partial charge in [0.05, 0.1) is 13.0 Å². The van der Waals surface area contributed by atoms with Crippen molar-refractivity contribution in [3.8, 4) is 0 Å². The normalized spacial score (nSPS) is 10.6. The molecule has 98 valence electrons. The van der Waals surface area contributed by atoms with E-state index in [4.69, 9.17) is 9.84 Å². The van der Waals surface area contributed by atoms with E-state index in [-0.39, 0.29) is 6.42 Å². The molecular formula is C13H22O4. The van der Waals surface area contributed by atoms with Crippen molar-refractivity contribution in [3.05, 3.63) is 12.2 Å². The van der Waals surface area contributed by atoms with Gasteiger partial charge < -0.3 is 9.84 Å². The maximum atomic E-state index is 11.1. The predicted octanol–water partition coefficient (Wildman–Crippen LogP) is 2.92. The van der Waals surface area contributed by atoms with Crippen LogP contribution in [-0.4, -0.2) is 23.7 Å². The minimum atomic E-state index is -0.954. The molecule has 0 fully saturated rings. The number of aliphatic carboxylic acids is 1. The summed E-state index contributed by atoms with van der Waals surface area (Å²) in [4.78, 5) is 21.2. The van der Waals surface area contributed by atoms with Crippen molar-refractivity contribution in [2.24, 2.45) is 0 Å². The average molecular weight is 242 g/mol. The van der Waals surface area contributed by atoms with Crippen molar-refractivity contribution < 1.29 is 19.4 Å². The number of esters is 1. The highest BCUT2D eigenvalue weighted by Gasteiger charge is 1.97. The second-order valence-electron chi connectivity index (χ2n) is 3.94. The van der Waals surface area contributed by atoms with Gasteiger partial charge in [0.2, 0.25) is 0 Å². The van der Waals surface area contributed by atoms with E-state index in [9.17, 15) is 9.59 Å². The van der Waals surface area contributed by atoms with E-state index < -0.39 is 11.9 Å². The summed E-state index contributed by atoms with van der Waals surface area (Å²) < 4.78 is 4.91. The molecule has 0 aliphatic heterocycles. The van der Waals surface area contributed by atoms with Crippen LogP contribution in [0.4, 0.5) is 0 Å². The monoisotopic (exact) mass is 242 g/mol. The van der Waals surface area contributed by atoms with Gasteiger partial charge in [-0.1, -0.05) is 45.1 Å². The van der Waals surface area contributed by atoms with Crippen molar-refractivity contribution in [3.63, 3.8) is 0 Å². The number of rotatable bonds is 10. The molecule has 0 amide bonds. The van der Waals surface area contributed by atoms with Gasteiger partial charge in [-0.25, -0.2) is 4.79 Å². The summed E-state index contributed by atoms with van der Waals surface area (Å²) in [5.74, 6) is -1.41. The second kappa shape index (κ2) is 11.2. The first-order valence-corrected chi connectivity index (χ1v) is 6.22. The summed E-state index contributed by atoms with van der Waals surface area (Å²) in [6.07, 6.45) is 9.18. The van der Waals surface area contributed by atoms with Crippen LogP contribution in [0, 0.1) is 0 Å². The molecule has 0 saturated carbocycles. The highest BCUT2D eigenvalue weighted by molar-refractivity contribution is 5.82. The summed E-state index contributed by atoms with van der Waals surface area (Å²) >= 11 is 0. The van der Waals surface area contributed by atoms with Gasteiger partial charge in [-0.2, -0.15) is 0 Å². The van der Waals surface area contributed by atoms with Gasteiger partial charge in [0.1, 0.15) is 0 Å². The van der Waals surface area contributed by atoms with Gasteiger partial charge in [0.15, 0.2) is 0 Å². The van der Waals surface area contributed by atoms with Gasteiger partial charge >= 0.3 is 11.9 Å². The SMILES string of the molecule is CCCCCCCCOC(=O)C=CCC(=O)O. The lowest BCUT2D eigenvalue weighted by Crippen LogP contribution is -2.02. The van der Waals surface area contributed by atoms with Crippen molar-refractivity contribution in [2.45, 2.75) is 51.9 Å². The quantitative estimate of drug-likeness (QED) is 0.363. The van der Waals surface area contributed by atoms with E-state index in [0.717, 1.165) is 12.8 Å². The summed E-state index contributed by atoms with van der Waals surface area (Å²) in [5.41, 5.74) is 0. The molecule has 0 rings (SSSR count). The molecule has 0 saturated heterocycles. The van der Waals surface area contributed by atoms with Gasteiger partial charge in [-0.05, 0) is 6.42 Å². The summed E-state index contributed by atoms with van der Waals surface area (Å²) in [6.45, 7) is 2.59. The van der Waals surface area contributed by atoms with Gasteiger partial charge in [-0.3, -0.25) is 4.79 Å². The Bertz CT molecular complexity index is 246. The zero-order valence-corrected chi connectivity index (χ0v) is 10.5. The molecule has 0 aromatic rings. The van der Waals surface area contributed by atoms with Crippen LogP contribution < -0.4 is 0 Å². The number of unbranched alkanes of at least 4 members (excludes halogenated alkanes) is 5. The van der Waals surface area contributed by atoms with E-state index in [2.05, 4.69) is 6.92 Å². The fraction of sp³-hybridized carbons (Fsp3) is 0.692. The molecule has 0 atom stereocenters. The van der Waals surface area contributed by atoms with Crippen LogP contribution in [0.25, 0.3) is 0 Å². The Balaban J connectivity index is 3.33. The van der Waals surface area contributed by atoms with E-state index >= 15 is 0 Å². The first-order chi connectivity index (χ1) is 8.16. The molecule has 0 aromatic carbocycles. The van der Waals surface area contributed by atoms with E-state index in [1.165, 1.54) is 37.8 Å². The molecule has 0 aromatic heterocycles. The highest BCUT2D eigenvalue weighted by atomic mass is 16.5. The molecule has 0 aliphatic rings. The summed E-state index contributed by atoms with van der Waals surface area (Å²) in [5, 5.41) is 8.34. The van der Waals surface area contributed by atoms with E-state index in [1.807, 2.05) is 0 Å². The smallest absolute Gasteiger partial charge is 0.330 e. The van der Waals surface area contributed by atoms with Crippen molar-refractivity contribution >= 4 is 11.9 Å². The largest absolute Gasteiger partial charge is 0.481 e.